The van der Waals surface area contributed by atoms with Crippen molar-refractivity contribution >= 4 is 17.7 Å². The zero-order valence-electron chi connectivity index (χ0n) is 9.24. The third-order valence-electron chi connectivity index (χ3n) is 1.49. The lowest BCUT2D eigenvalue weighted by atomic mass is 10.3. The van der Waals surface area contributed by atoms with Crippen molar-refractivity contribution in [1.29, 1.82) is 0 Å². The Morgan fingerprint density at radius 1 is 1.20 bits per heavy atom. The third-order valence-corrected chi connectivity index (χ3v) is 1.49. The van der Waals surface area contributed by atoms with E-state index in [9.17, 15) is 14.4 Å². The number of hydrogen-bond donors (Lipinski definition) is 0. The summed E-state index contributed by atoms with van der Waals surface area (Å²) in [6.45, 7) is 4.88. The maximum Gasteiger partial charge on any atom is 0.313 e. The molecular formula is C10H16O5. The first-order valence-electron chi connectivity index (χ1n) is 4.80. The lowest BCUT2D eigenvalue weighted by Gasteiger charge is -2.11. The molecule has 1 atom stereocenters. The highest BCUT2D eigenvalue weighted by Crippen LogP contribution is 2.01. The van der Waals surface area contributed by atoms with E-state index in [1.165, 1.54) is 6.92 Å². The fourth-order valence-corrected chi connectivity index (χ4v) is 0.966. The summed E-state index contributed by atoms with van der Waals surface area (Å²) in [5.41, 5.74) is 0. The number of hydrogen-bond acceptors (Lipinski definition) is 5. The van der Waals surface area contributed by atoms with E-state index in [2.05, 4.69) is 4.74 Å². The topological polar surface area (TPSA) is 69.7 Å². The SMILES string of the molecule is CCOC(=O)CC(C)OC(=O)CC(C)=O. The van der Waals surface area contributed by atoms with Crippen LogP contribution in [-0.4, -0.2) is 30.4 Å². The second-order valence-corrected chi connectivity index (χ2v) is 3.19. The first kappa shape index (κ1) is 13.6. The molecule has 0 spiro atoms. The smallest absolute Gasteiger partial charge is 0.313 e. The van der Waals surface area contributed by atoms with Gasteiger partial charge in [0.2, 0.25) is 0 Å². The molecule has 0 aliphatic carbocycles. The van der Waals surface area contributed by atoms with Crippen molar-refractivity contribution in [2.24, 2.45) is 0 Å². The van der Waals surface area contributed by atoms with Gasteiger partial charge in [0.25, 0.3) is 0 Å². The predicted molar refractivity (Wildman–Crippen MR) is 52.1 cm³/mol. The van der Waals surface area contributed by atoms with Gasteiger partial charge in [0.1, 0.15) is 18.3 Å². The molecule has 5 heteroatoms. The number of ketones is 1. The molecule has 0 aliphatic heterocycles. The fraction of sp³-hybridized carbons (Fsp3) is 0.700. The Balaban J connectivity index is 3.82. The molecule has 0 N–H and O–H groups in total. The molecule has 0 aliphatic rings. The molecule has 15 heavy (non-hydrogen) atoms. The maximum atomic E-state index is 11.0. The van der Waals surface area contributed by atoms with E-state index in [1.54, 1.807) is 13.8 Å². The summed E-state index contributed by atoms with van der Waals surface area (Å²) in [4.78, 5) is 32.6. The van der Waals surface area contributed by atoms with Crippen LogP contribution in [0.3, 0.4) is 0 Å². The van der Waals surface area contributed by atoms with Gasteiger partial charge in [0.15, 0.2) is 0 Å². The molecule has 0 amide bonds. The second kappa shape index (κ2) is 6.98. The van der Waals surface area contributed by atoms with Crippen LogP contribution in [0.4, 0.5) is 0 Å². The molecule has 86 valence electrons. The lowest BCUT2D eigenvalue weighted by molar-refractivity contribution is -0.154. The van der Waals surface area contributed by atoms with Crippen molar-refractivity contribution in [3.8, 4) is 0 Å². The van der Waals surface area contributed by atoms with Crippen LogP contribution < -0.4 is 0 Å². The molecule has 0 radical (unpaired) electrons. The average Bonchev–Trinajstić information content (AvgIpc) is 2.00. The Labute approximate surface area is 88.7 Å². The maximum absolute atomic E-state index is 11.0. The van der Waals surface area contributed by atoms with Crippen LogP contribution in [0.15, 0.2) is 0 Å². The van der Waals surface area contributed by atoms with Crippen LogP contribution >= 0.6 is 0 Å². The highest BCUT2D eigenvalue weighted by molar-refractivity contribution is 5.94. The molecule has 0 saturated heterocycles. The molecule has 0 aromatic carbocycles. The number of ether oxygens (including phenoxy) is 2. The summed E-state index contributed by atoms with van der Waals surface area (Å²) in [7, 11) is 0. The molecule has 0 aromatic heterocycles. The van der Waals surface area contributed by atoms with Crippen molar-refractivity contribution in [2.75, 3.05) is 6.61 Å². The van der Waals surface area contributed by atoms with Gasteiger partial charge in [-0.05, 0) is 20.8 Å². The zero-order valence-corrected chi connectivity index (χ0v) is 9.24. The van der Waals surface area contributed by atoms with Gasteiger partial charge in [-0.3, -0.25) is 14.4 Å². The highest BCUT2D eigenvalue weighted by Gasteiger charge is 2.15. The Morgan fingerprint density at radius 3 is 2.27 bits per heavy atom. The van der Waals surface area contributed by atoms with E-state index >= 15 is 0 Å². The highest BCUT2D eigenvalue weighted by atomic mass is 16.6. The minimum atomic E-state index is -0.612. The molecular weight excluding hydrogens is 200 g/mol. The summed E-state index contributed by atoms with van der Waals surface area (Å²) in [6, 6.07) is 0. The minimum absolute atomic E-state index is 0.0114. The standard InChI is InChI=1S/C10H16O5/c1-4-14-9(12)6-8(3)15-10(13)5-7(2)11/h8H,4-6H2,1-3H3. The van der Waals surface area contributed by atoms with Gasteiger partial charge in [-0.15, -0.1) is 0 Å². The number of esters is 2. The molecule has 0 heterocycles. The third kappa shape index (κ3) is 7.66. The molecule has 0 saturated carbocycles. The monoisotopic (exact) mass is 216 g/mol. The van der Waals surface area contributed by atoms with Gasteiger partial charge in [-0.1, -0.05) is 0 Å². The molecule has 1 unspecified atom stereocenters. The van der Waals surface area contributed by atoms with Crippen molar-refractivity contribution in [3.63, 3.8) is 0 Å². The average molecular weight is 216 g/mol. The van der Waals surface area contributed by atoms with Gasteiger partial charge in [0, 0.05) is 0 Å². The minimum Gasteiger partial charge on any atom is -0.466 e. The Hall–Kier alpha value is -1.39. The lowest BCUT2D eigenvalue weighted by Crippen LogP contribution is -2.21. The first-order valence-corrected chi connectivity index (χ1v) is 4.80. The van der Waals surface area contributed by atoms with E-state index in [1.807, 2.05) is 0 Å². The quantitative estimate of drug-likeness (QED) is 0.486. The van der Waals surface area contributed by atoms with Crippen LogP contribution in [0, 0.1) is 0 Å². The second-order valence-electron chi connectivity index (χ2n) is 3.19. The summed E-state index contributed by atoms with van der Waals surface area (Å²) >= 11 is 0. The summed E-state index contributed by atoms with van der Waals surface area (Å²) < 4.78 is 9.50. The van der Waals surface area contributed by atoms with Crippen LogP contribution in [0.25, 0.3) is 0 Å². The van der Waals surface area contributed by atoms with Gasteiger partial charge in [0.05, 0.1) is 13.0 Å². The number of carbonyl (C=O) groups is 3. The van der Waals surface area contributed by atoms with E-state index in [0.29, 0.717) is 6.61 Å². The Morgan fingerprint density at radius 2 is 1.80 bits per heavy atom. The van der Waals surface area contributed by atoms with Crippen LogP contribution in [0.2, 0.25) is 0 Å². The number of Topliss-reactive ketones (excluding diaryl/α,β-unsaturated/α-hetero) is 1. The van der Waals surface area contributed by atoms with Crippen LogP contribution in [-0.2, 0) is 23.9 Å². The van der Waals surface area contributed by atoms with E-state index in [0.717, 1.165) is 0 Å². The summed E-state index contributed by atoms with van der Waals surface area (Å²) in [6.07, 6.45) is -0.805. The van der Waals surface area contributed by atoms with Crippen molar-refractivity contribution in [2.45, 2.75) is 39.7 Å². The predicted octanol–water partition coefficient (Wildman–Crippen LogP) is 0.850. The van der Waals surface area contributed by atoms with Crippen molar-refractivity contribution in [3.05, 3.63) is 0 Å². The molecule has 0 aromatic rings. The largest absolute Gasteiger partial charge is 0.466 e. The first-order chi connectivity index (χ1) is 6.95. The Kier molecular flexibility index (Phi) is 6.33. The fourth-order valence-electron chi connectivity index (χ4n) is 0.966. The number of carbonyl (C=O) groups excluding carboxylic acids is 3. The van der Waals surface area contributed by atoms with Gasteiger partial charge in [-0.25, -0.2) is 0 Å². The van der Waals surface area contributed by atoms with Crippen LogP contribution in [0.5, 0.6) is 0 Å². The van der Waals surface area contributed by atoms with E-state index < -0.39 is 18.0 Å². The van der Waals surface area contributed by atoms with Crippen molar-refractivity contribution in [1.82, 2.24) is 0 Å². The Bertz CT molecular complexity index is 246. The number of rotatable bonds is 6. The van der Waals surface area contributed by atoms with Gasteiger partial charge >= 0.3 is 11.9 Å². The molecule has 5 nitrogen and oxygen atoms in total. The van der Waals surface area contributed by atoms with E-state index in [4.69, 9.17) is 4.74 Å². The van der Waals surface area contributed by atoms with E-state index in [-0.39, 0.29) is 18.6 Å². The van der Waals surface area contributed by atoms with Crippen LogP contribution in [0.1, 0.15) is 33.6 Å². The van der Waals surface area contributed by atoms with Crippen molar-refractivity contribution < 1.29 is 23.9 Å². The zero-order chi connectivity index (χ0) is 11.8. The molecule has 0 fully saturated rings. The van der Waals surface area contributed by atoms with Gasteiger partial charge in [-0.2, -0.15) is 0 Å². The normalized spacial score (nSPS) is 11.7. The summed E-state index contributed by atoms with van der Waals surface area (Å²) in [5, 5.41) is 0. The van der Waals surface area contributed by atoms with Gasteiger partial charge < -0.3 is 9.47 Å². The molecule has 0 bridgehead atoms. The molecule has 0 rings (SSSR count). The summed E-state index contributed by atoms with van der Waals surface area (Å²) in [5.74, 6) is -1.29.